The van der Waals surface area contributed by atoms with Crippen molar-refractivity contribution in [2.24, 2.45) is 0 Å². The minimum atomic E-state index is -0.166. The van der Waals surface area contributed by atoms with Gasteiger partial charge in [-0.15, -0.1) is 0 Å². The number of amides is 1. The van der Waals surface area contributed by atoms with Gasteiger partial charge < -0.3 is 15.2 Å². The van der Waals surface area contributed by atoms with E-state index >= 15 is 0 Å². The zero-order valence-corrected chi connectivity index (χ0v) is 21.2. The number of aromatic nitrogens is 3. The summed E-state index contributed by atoms with van der Waals surface area (Å²) in [5, 5.41) is 21.3. The number of hydrogen-bond donors (Lipinski definition) is 3. The van der Waals surface area contributed by atoms with Crippen molar-refractivity contribution < 1.29 is 14.6 Å². The molecule has 3 aliphatic rings. The fraction of sp³-hybridized carbons (Fsp3) is 0.367. The van der Waals surface area contributed by atoms with Gasteiger partial charge in [-0.2, -0.15) is 5.10 Å². The first-order chi connectivity index (χ1) is 18.6. The number of nitrogens with zero attached hydrogens (tertiary/aromatic N) is 3. The van der Waals surface area contributed by atoms with Gasteiger partial charge in [0.05, 0.1) is 23.9 Å². The summed E-state index contributed by atoms with van der Waals surface area (Å²) in [7, 11) is 0. The first-order valence-electron chi connectivity index (χ1n) is 13.6. The van der Waals surface area contributed by atoms with E-state index in [1.807, 2.05) is 18.3 Å². The van der Waals surface area contributed by atoms with Gasteiger partial charge in [-0.3, -0.25) is 14.8 Å². The molecule has 2 aromatic heterocycles. The number of rotatable bonds is 3. The van der Waals surface area contributed by atoms with Gasteiger partial charge in [0.25, 0.3) is 5.91 Å². The van der Waals surface area contributed by atoms with E-state index in [4.69, 9.17) is 4.74 Å². The van der Waals surface area contributed by atoms with E-state index in [1.165, 1.54) is 11.1 Å². The summed E-state index contributed by atoms with van der Waals surface area (Å²) in [4.78, 5) is 19.4. The lowest BCUT2D eigenvalue weighted by Gasteiger charge is -2.26. The van der Waals surface area contributed by atoms with E-state index in [9.17, 15) is 9.90 Å². The lowest BCUT2D eigenvalue weighted by Crippen LogP contribution is -2.34. The minimum Gasteiger partial charge on any atom is -0.491 e. The van der Waals surface area contributed by atoms with Crippen LogP contribution in [-0.4, -0.2) is 69.5 Å². The van der Waals surface area contributed by atoms with Gasteiger partial charge in [-0.05, 0) is 67.0 Å². The van der Waals surface area contributed by atoms with Crippen LogP contribution in [0.5, 0.6) is 5.75 Å². The summed E-state index contributed by atoms with van der Waals surface area (Å²) >= 11 is 0. The molecule has 194 valence electrons. The molecular formula is C30H31N5O3. The first kappa shape index (κ1) is 23.4. The predicted molar refractivity (Wildman–Crippen MR) is 145 cm³/mol. The Morgan fingerprint density at radius 1 is 0.974 bits per heavy atom. The van der Waals surface area contributed by atoms with Gasteiger partial charge in [0, 0.05) is 41.8 Å². The molecule has 38 heavy (non-hydrogen) atoms. The van der Waals surface area contributed by atoms with Crippen LogP contribution in [0.3, 0.4) is 0 Å². The highest BCUT2D eigenvalue weighted by Crippen LogP contribution is 2.34. The van der Waals surface area contributed by atoms with E-state index in [0.717, 1.165) is 73.0 Å². The van der Waals surface area contributed by atoms with E-state index in [0.29, 0.717) is 36.2 Å². The molecule has 8 heteroatoms. The molecule has 3 N–H and O–H groups in total. The number of H-pyrrole nitrogens is 1. The lowest BCUT2D eigenvalue weighted by molar-refractivity contribution is 0.0957. The Kier molecular flexibility index (Phi) is 5.86. The molecular weight excluding hydrogens is 478 g/mol. The van der Waals surface area contributed by atoms with E-state index in [1.54, 1.807) is 6.07 Å². The quantitative estimate of drug-likeness (QED) is 0.364. The number of carbonyl (C=O) groups is 1. The normalized spacial score (nSPS) is 21.8. The molecule has 1 amide bonds. The largest absolute Gasteiger partial charge is 0.491 e. The Bertz CT molecular complexity index is 1530. The van der Waals surface area contributed by atoms with Crippen LogP contribution in [0.25, 0.3) is 33.4 Å². The number of aromatic amines is 1. The molecule has 2 atom stereocenters. The number of likely N-dealkylation sites (tertiary alicyclic amines) is 1. The van der Waals surface area contributed by atoms with Crippen molar-refractivity contribution in [2.75, 3.05) is 26.2 Å². The summed E-state index contributed by atoms with van der Waals surface area (Å²) in [6.45, 7) is 2.76. The van der Waals surface area contributed by atoms with Crippen molar-refractivity contribution in [3.8, 4) is 28.1 Å². The van der Waals surface area contributed by atoms with Crippen LogP contribution < -0.4 is 10.1 Å². The Balaban J connectivity index is 1.18. The Morgan fingerprint density at radius 3 is 2.71 bits per heavy atom. The van der Waals surface area contributed by atoms with Crippen LogP contribution in [0.1, 0.15) is 40.7 Å². The predicted octanol–water partition coefficient (Wildman–Crippen LogP) is 3.73. The second kappa shape index (κ2) is 9.53. The van der Waals surface area contributed by atoms with Crippen LogP contribution in [0.2, 0.25) is 0 Å². The van der Waals surface area contributed by atoms with Crippen LogP contribution in [-0.2, 0) is 12.8 Å². The molecule has 1 saturated heterocycles. The van der Waals surface area contributed by atoms with E-state index in [2.05, 4.69) is 49.7 Å². The van der Waals surface area contributed by atoms with Gasteiger partial charge in [0.15, 0.2) is 5.65 Å². The number of hydrogen-bond acceptors (Lipinski definition) is 6. The number of benzene rings is 2. The highest BCUT2D eigenvalue weighted by atomic mass is 16.5. The van der Waals surface area contributed by atoms with Crippen LogP contribution >= 0.6 is 0 Å². The third kappa shape index (κ3) is 4.23. The Hall–Kier alpha value is -3.75. The summed E-state index contributed by atoms with van der Waals surface area (Å²) in [5.74, 6) is 0.465. The monoisotopic (exact) mass is 509 g/mol. The van der Waals surface area contributed by atoms with Gasteiger partial charge in [-0.1, -0.05) is 24.3 Å². The topological polar surface area (TPSA) is 103 Å². The highest BCUT2D eigenvalue weighted by Gasteiger charge is 2.28. The molecule has 1 aliphatic carbocycles. The number of pyridine rings is 1. The fourth-order valence-corrected chi connectivity index (χ4v) is 6.22. The van der Waals surface area contributed by atoms with Crippen molar-refractivity contribution in [3.05, 3.63) is 65.4 Å². The number of fused-ring (bicyclic) bond motifs is 3. The molecule has 2 aliphatic heterocycles. The molecule has 1 fully saturated rings. The van der Waals surface area contributed by atoms with E-state index < -0.39 is 0 Å². The summed E-state index contributed by atoms with van der Waals surface area (Å²) in [5.41, 5.74) is 8.01. The average molecular weight is 510 g/mol. The van der Waals surface area contributed by atoms with Crippen molar-refractivity contribution in [2.45, 2.75) is 44.2 Å². The summed E-state index contributed by atoms with van der Waals surface area (Å²) in [6.07, 6.45) is 7.03. The molecule has 7 rings (SSSR count). The van der Waals surface area contributed by atoms with Crippen molar-refractivity contribution in [3.63, 3.8) is 0 Å². The van der Waals surface area contributed by atoms with Crippen LogP contribution in [0.4, 0.5) is 0 Å². The van der Waals surface area contributed by atoms with Gasteiger partial charge >= 0.3 is 0 Å². The maximum absolute atomic E-state index is 12.3. The van der Waals surface area contributed by atoms with Gasteiger partial charge in [-0.25, -0.2) is 4.98 Å². The smallest absolute Gasteiger partial charge is 0.255 e. The minimum absolute atomic E-state index is 0.116. The molecule has 0 spiro atoms. The average Bonchev–Trinajstić information content (AvgIpc) is 3.44. The van der Waals surface area contributed by atoms with Crippen LogP contribution in [0, 0.1) is 0 Å². The maximum atomic E-state index is 12.3. The fourth-order valence-electron chi connectivity index (χ4n) is 6.22. The van der Waals surface area contributed by atoms with Crippen molar-refractivity contribution in [1.82, 2.24) is 25.4 Å². The number of aliphatic hydroxyl groups excluding tert-OH is 1. The van der Waals surface area contributed by atoms with Gasteiger partial charge in [0.1, 0.15) is 12.4 Å². The molecule has 0 bridgehead atoms. The molecule has 1 unspecified atom stereocenters. The summed E-state index contributed by atoms with van der Waals surface area (Å²) in [6, 6.07) is 15.1. The molecule has 2 aromatic carbocycles. The Labute approximate surface area is 221 Å². The highest BCUT2D eigenvalue weighted by molar-refractivity contribution is 5.99. The third-order valence-electron chi connectivity index (χ3n) is 8.31. The number of aryl methyl sites for hydroxylation is 2. The van der Waals surface area contributed by atoms with E-state index in [-0.39, 0.29) is 12.0 Å². The SMILES string of the molecule is O=C1NCCOc2cc(-c3[nH]nc4ncc(-c5ccc6c(c5)CCC(N5CC[C@@H](O)C5)CC6)cc34)ccc21. The second-order valence-corrected chi connectivity index (χ2v) is 10.7. The standard InChI is InChI=1S/C30H31N5O3/c36-24-9-11-35(17-24)23-6-3-18-1-2-20(13-19(18)4-7-23)22-14-26-28(33-34-29(26)32-16-22)21-5-8-25-27(15-21)38-12-10-31-30(25)37/h1-2,5,8,13-16,23-24,36H,3-4,6-7,9-12,17H2,(H,31,37)(H,32,33,34)/t23?,24-/m1/s1. The number of aliphatic hydroxyl groups is 1. The number of β-amino-alcohol motifs (C(OH)–C–C–N with tert-alkyl or cyclic N) is 1. The number of carbonyl (C=O) groups excluding carboxylic acids is 1. The first-order valence-corrected chi connectivity index (χ1v) is 13.6. The van der Waals surface area contributed by atoms with Crippen LogP contribution in [0.15, 0.2) is 48.7 Å². The molecule has 0 radical (unpaired) electrons. The zero-order valence-electron chi connectivity index (χ0n) is 21.2. The van der Waals surface area contributed by atoms with Crippen molar-refractivity contribution >= 4 is 16.9 Å². The second-order valence-electron chi connectivity index (χ2n) is 10.7. The maximum Gasteiger partial charge on any atom is 0.255 e. The van der Waals surface area contributed by atoms with Crippen molar-refractivity contribution in [1.29, 1.82) is 0 Å². The number of nitrogens with one attached hydrogen (secondary N) is 2. The number of ether oxygens (including phenoxy) is 1. The third-order valence-corrected chi connectivity index (χ3v) is 8.31. The molecule has 4 heterocycles. The Morgan fingerprint density at radius 2 is 1.84 bits per heavy atom. The molecule has 4 aromatic rings. The van der Waals surface area contributed by atoms with Gasteiger partial charge in [0.2, 0.25) is 0 Å². The summed E-state index contributed by atoms with van der Waals surface area (Å²) < 4.78 is 5.82. The molecule has 8 nitrogen and oxygen atoms in total. The molecule has 0 saturated carbocycles. The zero-order chi connectivity index (χ0) is 25.6. The lowest BCUT2D eigenvalue weighted by atomic mass is 9.96.